The molecule has 0 fully saturated rings. The van der Waals surface area contributed by atoms with Crippen molar-refractivity contribution in [3.63, 3.8) is 0 Å². The van der Waals surface area contributed by atoms with Crippen molar-refractivity contribution in [3.05, 3.63) is 90.2 Å². The predicted molar refractivity (Wildman–Crippen MR) is 159 cm³/mol. The molecule has 4 aromatic rings. The van der Waals surface area contributed by atoms with Gasteiger partial charge in [-0.1, -0.05) is 40.9 Å². The standard InChI is InChI=1S/C27H21BrCl3N3O4S/c1-3-34-25(16-4-7-18(29)8-5-16)32-33-27(34)39-23(26(35)36)12-15-10-20(28)24(22(11-15)37-2)38-14-17-6-9-19(30)13-21(17)31/h4-13H,3,14H2,1-2H3,(H,35,36)/b23-12-. The lowest BCUT2D eigenvalue weighted by atomic mass is 10.2. The summed E-state index contributed by atoms with van der Waals surface area (Å²) in [6.45, 7) is 2.66. The van der Waals surface area contributed by atoms with Gasteiger partial charge in [-0.2, -0.15) is 0 Å². The maximum absolute atomic E-state index is 12.2. The fourth-order valence-corrected chi connectivity index (χ4v) is 5.65. The molecule has 1 N–H and O–H groups in total. The third kappa shape index (κ3) is 7.10. The number of thioether (sulfide) groups is 1. The molecule has 39 heavy (non-hydrogen) atoms. The molecule has 0 radical (unpaired) electrons. The Hall–Kier alpha value is -2.69. The predicted octanol–water partition coefficient (Wildman–Crippen LogP) is 8.49. The number of aromatic nitrogens is 3. The van der Waals surface area contributed by atoms with Crippen LogP contribution in [-0.2, 0) is 17.9 Å². The van der Waals surface area contributed by atoms with Gasteiger partial charge in [0, 0.05) is 32.7 Å². The fraction of sp³-hybridized carbons (Fsp3) is 0.148. The maximum atomic E-state index is 12.2. The number of rotatable bonds is 10. The highest BCUT2D eigenvalue weighted by atomic mass is 79.9. The number of hydrogen-bond donors (Lipinski definition) is 1. The molecule has 0 atom stereocenters. The molecule has 0 aliphatic rings. The monoisotopic (exact) mass is 667 g/mol. The minimum atomic E-state index is -1.11. The van der Waals surface area contributed by atoms with Crippen molar-refractivity contribution in [1.82, 2.24) is 14.8 Å². The fourth-order valence-electron chi connectivity index (χ4n) is 3.60. The molecular weight excluding hydrogens is 649 g/mol. The van der Waals surface area contributed by atoms with Gasteiger partial charge in [-0.15, -0.1) is 10.2 Å². The second kappa shape index (κ2) is 13.1. The van der Waals surface area contributed by atoms with Crippen molar-refractivity contribution in [2.45, 2.75) is 25.2 Å². The van der Waals surface area contributed by atoms with Gasteiger partial charge in [0.15, 0.2) is 22.5 Å². The van der Waals surface area contributed by atoms with Crippen LogP contribution in [0, 0.1) is 0 Å². The van der Waals surface area contributed by atoms with Crippen LogP contribution in [0.5, 0.6) is 11.5 Å². The second-order valence-corrected chi connectivity index (χ2v) is 11.2. The van der Waals surface area contributed by atoms with Crippen molar-refractivity contribution in [2.24, 2.45) is 0 Å². The average Bonchev–Trinajstić information content (AvgIpc) is 3.31. The summed E-state index contributed by atoms with van der Waals surface area (Å²) in [6.07, 6.45) is 1.54. The van der Waals surface area contributed by atoms with E-state index in [2.05, 4.69) is 26.1 Å². The Bertz CT molecular complexity index is 1540. The zero-order chi connectivity index (χ0) is 28.1. The minimum absolute atomic E-state index is 0.0512. The molecule has 0 spiro atoms. The van der Waals surface area contributed by atoms with Crippen molar-refractivity contribution in [3.8, 4) is 22.9 Å². The molecule has 1 heterocycles. The molecule has 7 nitrogen and oxygen atoms in total. The highest BCUT2D eigenvalue weighted by Gasteiger charge is 2.19. The Morgan fingerprint density at radius 1 is 1.08 bits per heavy atom. The first kappa shape index (κ1) is 29.3. The third-order valence-corrected chi connectivity index (χ3v) is 7.91. The first-order valence-electron chi connectivity index (χ1n) is 11.5. The molecule has 0 bridgehead atoms. The Labute approximate surface area is 252 Å². The number of nitrogens with zero attached hydrogens (tertiary/aromatic N) is 3. The van der Waals surface area contributed by atoms with Crippen LogP contribution in [0.2, 0.25) is 15.1 Å². The van der Waals surface area contributed by atoms with E-state index in [9.17, 15) is 9.90 Å². The second-order valence-electron chi connectivity index (χ2n) is 8.03. The van der Waals surface area contributed by atoms with E-state index in [1.807, 2.05) is 23.6 Å². The Morgan fingerprint density at radius 2 is 1.79 bits per heavy atom. The summed E-state index contributed by atoms with van der Waals surface area (Å²) in [5, 5.41) is 20.6. The number of hydrogen-bond acceptors (Lipinski definition) is 6. The minimum Gasteiger partial charge on any atom is -0.493 e. The summed E-state index contributed by atoms with van der Waals surface area (Å²) in [5.41, 5.74) is 2.16. The highest BCUT2D eigenvalue weighted by Crippen LogP contribution is 2.39. The van der Waals surface area contributed by atoms with Crippen LogP contribution in [-0.4, -0.2) is 33.0 Å². The Kier molecular flexibility index (Phi) is 9.85. The van der Waals surface area contributed by atoms with Crippen LogP contribution in [0.15, 0.2) is 69.1 Å². The van der Waals surface area contributed by atoms with E-state index < -0.39 is 5.97 Å². The van der Waals surface area contributed by atoms with Crippen LogP contribution in [0.25, 0.3) is 17.5 Å². The SMILES string of the molecule is CCn1c(S/C(=C\c2cc(Br)c(OCc3ccc(Cl)cc3Cl)c(OC)c2)C(=O)O)nnc1-c1ccc(Cl)cc1. The molecule has 202 valence electrons. The molecule has 3 aromatic carbocycles. The number of carboxylic acid groups (broad SMARTS) is 1. The number of benzene rings is 3. The van der Waals surface area contributed by atoms with Gasteiger partial charge in [0.1, 0.15) is 11.5 Å². The van der Waals surface area contributed by atoms with Gasteiger partial charge in [-0.05, 0) is 94.8 Å². The lowest BCUT2D eigenvalue weighted by Gasteiger charge is -2.14. The molecule has 1 aromatic heterocycles. The summed E-state index contributed by atoms with van der Waals surface area (Å²) < 4.78 is 13.9. The Morgan fingerprint density at radius 3 is 2.44 bits per heavy atom. The molecule has 0 aliphatic carbocycles. The van der Waals surface area contributed by atoms with Gasteiger partial charge in [-0.25, -0.2) is 4.79 Å². The largest absolute Gasteiger partial charge is 0.493 e. The summed E-state index contributed by atoms with van der Waals surface area (Å²) in [5.74, 6) is 0.375. The molecule has 4 rings (SSSR count). The van der Waals surface area contributed by atoms with Gasteiger partial charge < -0.3 is 19.1 Å². The van der Waals surface area contributed by atoms with Gasteiger partial charge in [0.25, 0.3) is 0 Å². The number of halogens is 4. The molecule has 0 saturated carbocycles. The summed E-state index contributed by atoms with van der Waals surface area (Å²) >= 11 is 22.8. The molecule has 0 saturated heterocycles. The van der Waals surface area contributed by atoms with E-state index in [4.69, 9.17) is 44.3 Å². The van der Waals surface area contributed by atoms with Crippen LogP contribution in [0.4, 0.5) is 0 Å². The number of ether oxygens (including phenoxy) is 2. The van der Waals surface area contributed by atoms with Crippen LogP contribution in [0.3, 0.4) is 0 Å². The summed E-state index contributed by atoms with van der Waals surface area (Å²) in [4.78, 5) is 12.2. The van der Waals surface area contributed by atoms with Crippen molar-refractivity contribution in [1.29, 1.82) is 0 Å². The van der Waals surface area contributed by atoms with E-state index in [1.165, 1.54) is 13.2 Å². The van der Waals surface area contributed by atoms with Gasteiger partial charge in [0.2, 0.25) is 0 Å². The summed E-state index contributed by atoms with van der Waals surface area (Å²) in [7, 11) is 1.51. The zero-order valence-corrected chi connectivity index (χ0v) is 25.3. The lowest BCUT2D eigenvalue weighted by Crippen LogP contribution is -2.03. The van der Waals surface area contributed by atoms with Crippen LogP contribution < -0.4 is 9.47 Å². The molecule has 0 unspecified atom stereocenters. The van der Waals surface area contributed by atoms with Crippen LogP contribution >= 0.6 is 62.5 Å². The van der Waals surface area contributed by atoms with Gasteiger partial charge in [-0.3, -0.25) is 0 Å². The smallest absolute Gasteiger partial charge is 0.342 e. The zero-order valence-electron chi connectivity index (χ0n) is 20.6. The van der Waals surface area contributed by atoms with Gasteiger partial charge >= 0.3 is 5.97 Å². The molecule has 12 heteroatoms. The molecule has 0 aliphatic heterocycles. The quantitative estimate of drug-likeness (QED) is 0.134. The van der Waals surface area contributed by atoms with E-state index in [0.717, 1.165) is 22.9 Å². The van der Waals surface area contributed by atoms with Gasteiger partial charge in [0.05, 0.1) is 11.6 Å². The van der Waals surface area contributed by atoms with E-state index in [1.54, 1.807) is 42.5 Å². The number of carboxylic acids is 1. The number of aliphatic carboxylic acids is 1. The topological polar surface area (TPSA) is 86.5 Å². The van der Waals surface area contributed by atoms with Crippen molar-refractivity contribution < 1.29 is 19.4 Å². The molecule has 0 amide bonds. The maximum Gasteiger partial charge on any atom is 0.342 e. The highest BCUT2D eigenvalue weighted by molar-refractivity contribution is 9.10. The van der Waals surface area contributed by atoms with Crippen LogP contribution in [0.1, 0.15) is 18.1 Å². The number of carbonyl (C=O) groups is 1. The van der Waals surface area contributed by atoms with E-state index in [0.29, 0.717) is 54.1 Å². The van der Waals surface area contributed by atoms with E-state index in [-0.39, 0.29) is 11.5 Å². The first-order chi connectivity index (χ1) is 18.7. The van der Waals surface area contributed by atoms with Crippen molar-refractivity contribution in [2.75, 3.05) is 7.11 Å². The third-order valence-electron chi connectivity index (χ3n) is 5.48. The normalized spacial score (nSPS) is 11.5. The summed E-state index contributed by atoms with van der Waals surface area (Å²) in [6, 6.07) is 15.8. The molecular formula is C27H21BrCl3N3O4S. The van der Waals surface area contributed by atoms with Crippen molar-refractivity contribution >= 4 is 74.5 Å². The lowest BCUT2D eigenvalue weighted by molar-refractivity contribution is -0.131. The first-order valence-corrected chi connectivity index (χ1v) is 14.2. The Balaban J connectivity index is 1.61. The average molecular weight is 670 g/mol. The van der Waals surface area contributed by atoms with E-state index >= 15 is 0 Å². The number of methoxy groups -OCH3 is 1.